The van der Waals surface area contributed by atoms with Gasteiger partial charge in [0.05, 0.1) is 13.0 Å². The van der Waals surface area contributed by atoms with Gasteiger partial charge in [0.1, 0.15) is 6.04 Å². The number of amides is 2. The normalized spacial score (nSPS) is 12.2. The first-order chi connectivity index (χ1) is 12.0. The number of carbonyl (C=O) groups is 2. The quantitative estimate of drug-likeness (QED) is 0.723. The molecule has 0 spiro atoms. The second-order valence-corrected chi connectivity index (χ2v) is 6.39. The van der Waals surface area contributed by atoms with Crippen molar-refractivity contribution in [1.29, 1.82) is 0 Å². The van der Waals surface area contributed by atoms with Gasteiger partial charge in [-0.05, 0) is 22.3 Å². The maximum absolute atomic E-state index is 12.5. The Morgan fingerprint density at radius 1 is 1.08 bits per heavy atom. The van der Waals surface area contributed by atoms with Crippen LogP contribution in [-0.2, 0) is 20.7 Å². The average Bonchev–Trinajstić information content (AvgIpc) is 2.60. The third kappa shape index (κ3) is 5.29. The molecule has 2 rings (SSSR count). The molecule has 0 aliphatic heterocycles. The van der Waals surface area contributed by atoms with Crippen LogP contribution >= 0.6 is 0 Å². The van der Waals surface area contributed by atoms with Crippen molar-refractivity contribution in [3.63, 3.8) is 0 Å². The standard InChI is InChI=1S/C20H26N2O3/c1-14(2)19(20(24)21-11-12-25-3)22-18(23)13-16-9-6-8-15-7-4-5-10-17(15)16/h4-10,14,19H,11-13H2,1-3H3,(H,21,24)(H,22,23). The molecule has 0 fully saturated rings. The van der Waals surface area contributed by atoms with Crippen molar-refractivity contribution < 1.29 is 14.3 Å². The zero-order valence-corrected chi connectivity index (χ0v) is 15.0. The lowest BCUT2D eigenvalue weighted by Gasteiger charge is -2.22. The fourth-order valence-corrected chi connectivity index (χ4v) is 2.77. The van der Waals surface area contributed by atoms with E-state index in [9.17, 15) is 9.59 Å². The van der Waals surface area contributed by atoms with E-state index < -0.39 is 6.04 Å². The number of benzene rings is 2. The largest absolute Gasteiger partial charge is 0.383 e. The summed E-state index contributed by atoms with van der Waals surface area (Å²) in [6, 6.07) is 13.3. The van der Waals surface area contributed by atoms with Gasteiger partial charge in [0.25, 0.3) is 0 Å². The van der Waals surface area contributed by atoms with Crippen LogP contribution in [0.2, 0.25) is 0 Å². The molecule has 2 aromatic carbocycles. The third-order valence-electron chi connectivity index (χ3n) is 4.10. The molecule has 25 heavy (non-hydrogen) atoms. The van der Waals surface area contributed by atoms with Crippen molar-refractivity contribution in [3.05, 3.63) is 48.0 Å². The van der Waals surface area contributed by atoms with Crippen molar-refractivity contribution in [2.24, 2.45) is 5.92 Å². The van der Waals surface area contributed by atoms with Gasteiger partial charge in [-0.2, -0.15) is 0 Å². The van der Waals surface area contributed by atoms with Crippen LogP contribution in [0.5, 0.6) is 0 Å². The summed E-state index contributed by atoms with van der Waals surface area (Å²) in [7, 11) is 1.58. The van der Waals surface area contributed by atoms with Gasteiger partial charge in [-0.25, -0.2) is 0 Å². The number of hydrogen-bond donors (Lipinski definition) is 2. The third-order valence-corrected chi connectivity index (χ3v) is 4.10. The summed E-state index contributed by atoms with van der Waals surface area (Å²) in [6.45, 7) is 4.70. The molecular formula is C20H26N2O3. The smallest absolute Gasteiger partial charge is 0.242 e. The predicted octanol–water partition coefficient (Wildman–Crippen LogP) is 2.29. The van der Waals surface area contributed by atoms with Gasteiger partial charge in [-0.15, -0.1) is 0 Å². The summed E-state index contributed by atoms with van der Waals surface area (Å²) in [5.74, 6) is -0.339. The van der Waals surface area contributed by atoms with E-state index in [-0.39, 0.29) is 24.2 Å². The number of carbonyl (C=O) groups excluding carboxylic acids is 2. The van der Waals surface area contributed by atoms with Gasteiger partial charge in [-0.1, -0.05) is 56.3 Å². The average molecular weight is 342 g/mol. The van der Waals surface area contributed by atoms with Gasteiger partial charge in [0.15, 0.2) is 0 Å². The Labute approximate surface area is 148 Å². The van der Waals surface area contributed by atoms with Crippen molar-refractivity contribution >= 4 is 22.6 Å². The van der Waals surface area contributed by atoms with E-state index in [1.165, 1.54) is 0 Å². The fourth-order valence-electron chi connectivity index (χ4n) is 2.77. The lowest BCUT2D eigenvalue weighted by atomic mass is 10.0. The number of nitrogens with one attached hydrogen (secondary N) is 2. The molecule has 2 amide bonds. The summed E-state index contributed by atoms with van der Waals surface area (Å²) in [6.07, 6.45) is 0.246. The highest BCUT2D eigenvalue weighted by atomic mass is 16.5. The molecule has 0 radical (unpaired) electrons. The van der Waals surface area contributed by atoms with E-state index in [0.717, 1.165) is 16.3 Å². The minimum Gasteiger partial charge on any atom is -0.383 e. The van der Waals surface area contributed by atoms with E-state index in [2.05, 4.69) is 10.6 Å². The van der Waals surface area contributed by atoms with Gasteiger partial charge in [0.2, 0.25) is 11.8 Å². The molecule has 2 N–H and O–H groups in total. The Morgan fingerprint density at radius 2 is 1.80 bits per heavy atom. The Morgan fingerprint density at radius 3 is 2.52 bits per heavy atom. The van der Waals surface area contributed by atoms with Crippen molar-refractivity contribution in [2.45, 2.75) is 26.3 Å². The summed E-state index contributed by atoms with van der Waals surface area (Å²) in [5, 5.41) is 7.81. The summed E-state index contributed by atoms with van der Waals surface area (Å²) >= 11 is 0. The predicted molar refractivity (Wildman–Crippen MR) is 99.3 cm³/mol. The van der Waals surface area contributed by atoms with E-state index in [1.54, 1.807) is 7.11 Å². The van der Waals surface area contributed by atoms with Crippen molar-refractivity contribution in [1.82, 2.24) is 10.6 Å². The first kappa shape index (κ1) is 18.9. The fraction of sp³-hybridized carbons (Fsp3) is 0.400. The molecule has 0 aliphatic rings. The topological polar surface area (TPSA) is 67.4 Å². The van der Waals surface area contributed by atoms with Gasteiger partial charge in [-0.3, -0.25) is 9.59 Å². The highest BCUT2D eigenvalue weighted by Gasteiger charge is 2.24. The highest BCUT2D eigenvalue weighted by molar-refractivity contribution is 5.92. The Bertz CT molecular complexity index is 722. The highest BCUT2D eigenvalue weighted by Crippen LogP contribution is 2.19. The Kier molecular flexibility index (Phi) is 6.95. The molecule has 0 heterocycles. The van der Waals surface area contributed by atoms with E-state index >= 15 is 0 Å². The van der Waals surface area contributed by atoms with Crippen LogP contribution in [0.3, 0.4) is 0 Å². The lowest BCUT2D eigenvalue weighted by Crippen LogP contribution is -2.50. The van der Waals surface area contributed by atoms with Crippen LogP contribution in [-0.4, -0.2) is 38.1 Å². The van der Waals surface area contributed by atoms with Gasteiger partial charge >= 0.3 is 0 Å². The molecule has 0 aromatic heterocycles. The minimum atomic E-state index is -0.556. The molecular weight excluding hydrogens is 316 g/mol. The zero-order valence-electron chi connectivity index (χ0n) is 15.0. The number of rotatable bonds is 8. The molecule has 1 unspecified atom stereocenters. The monoisotopic (exact) mass is 342 g/mol. The van der Waals surface area contributed by atoms with Crippen LogP contribution in [0.1, 0.15) is 19.4 Å². The van der Waals surface area contributed by atoms with Crippen molar-refractivity contribution in [3.8, 4) is 0 Å². The van der Waals surface area contributed by atoms with Crippen LogP contribution < -0.4 is 10.6 Å². The SMILES string of the molecule is COCCNC(=O)C(NC(=O)Cc1cccc2ccccc12)C(C)C. The Balaban J connectivity index is 2.04. The van der Waals surface area contributed by atoms with Crippen LogP contribution in [0.25, 0.3) is 10.8 Å². The number of methoxy groups -OCH3 is 1. The second kappa shape index (κ2) is 9.18. The number of fused-ring (bicyclic) bond motifs is 1. The van der Waals surface area contributed by atoms with Crippen LogP contribution in [0.4, 0.5) is 0 Å². The van der Waals surface area contributed by atoms with Crippen LogP contribution in [0, 0.1) is 5.92 Å². The summed E-state index contributed by atoms with van der Waals surface area (Å²) < 4.78 is 4.93. The molecule has 0 saturated heterocycles. The molecule has 0 bridgehead atoms. The Hall–Kier alpha value is -2.40. The minimum absolute atomic E-state index is 0.000914. The van der Waals surface area contributed by atoms with E-state index in [0.29, 0.717) is 13.2 Å². The molecule has 2 aromatic rings. The molecule has 5 nitrogen and oxygen atoms in total. The first-order valence-corrected chi connectivity index (χ1v) is 8.55. The summed E-state index contributed by atoms with van der Waals surface area (Å²) in [5.41, 5.74) is 0.956. The first-order valence-electron chi connectivity index (χ1n) is 8.55. The van der Waals surface area contributed by atoms with Crippen LogP contribution in [0.15, 0.2) is 42.5 Å². The molecule has 0 saturated carbocycles. The molecule has 0 aliphatic carbocycles. The molecule has 1 atom stereocenters. The number of hydrogen-bond acceptors (Lipinski definition) is 3. The van der Waals surface area contributed by atoms with E-state index in [4.69, 9.17) is 4.74 Å². The molecule has 134 valence electrons. The maximum atomic E-state index is 12.5. The maximum Gasteiger partial charge on any atom is 0.242 e. The lowest BCUT2D eigenvalue weighted by molar-refractivity contribution is -0.129. The van der Waals surface area contributed by atoms with Gasteiger partial charge < -0.3 is 15.4 Å². The second-order valence-electron chi connectivity index (χ2n) is 6.39. The zero-order chi connectivity index (χ0) is 18.2. The molecule has 5 heteroatoms. The summed E-state index contributed by atoms with van der Waals surface area (Å²) in [4.78, 5) is 24.8. The number of ether oxygens (including phenoxy) is 1. The van der Waals surface area contributed by atoms with Crippen molar-refractivity contribution in [2.75, 3.05) is 20.3 Å². The van der Waals surface area contributed by atoms with Gasteiger partial charge in [0, 0.05) is 13.7 Å². The van der Waals surface area contributed by atoms with E-state index in [1.807, 2.05) is 56.3 Å².